The number of fused-ring (bicyclic) bond motifs is 1. The molecule has 6 aliphatic rings. The Morgan fingerprint density at radius 3 is 1.06 bits per heavy atom. The molecule has 4 nitrogen and oxygen atoms in total. The van der Waals surface area contributed by atoms with Gasteiger partial charge in [-0.3, -0.25) is 9.59 Å². The van der Waals surface area contributed by atoms with E-state index in [1.165, 1.54) is 0 Å². The van der Waals surface area contributed by atoms with Crippen LogP contribution in [0.15, 0.2) is 0 Å². The lowest BCUT2D eigenvalue weighted by atomic mass is 9.09. The maximum absolute atomic E-state index is 11.3. The highest BCUT2D eigenvalue weighted by atomic mass is 16.4. The van der Waals surface area contributed by atoms with Crippen LogP contribution in [-0.2, 0) is 9.59 Å². The Kier molecular flexibility index (Phi) is 0.967. The number of rotatable bonds is 2. The van der Waals surface area contributed by atoms with E-state index in [0.717, 1.165) is 11.8 Å². The van der Waals surface area contributed by atoms with Crippen LogP contribution in [0.2, 0.25) is 0 Å². The Labute approximate surface area is 91.6 Å². The Hall–Kier alpha value is -1.06. The fraction of sp³-hybridized carbons (Fsp3) is 0.833. The Morgan fingerprint density at radius 2 is 0.812 bits per heavy atom. The third-order valence-electron chi connectivity index (χ3n) is 6.68. The molecule has 2 N–H and O–H groups in total. The van der Waals surface area contributed by atoms with Crippen molar-refractivity contribution in [2.75, 3.05) is 0 Å². The summed E-state index contributed by atoms with van der Waals surface area (Å²) < 4.78 is 0. The molecule has 6 saturated carbocycles. The van der Waals surface area contributed by atoms with Crippen LogP contribution >= 0.6 is 0 Å². The van der Waals surface area contributed by atoms with E-state index in [1.54, 1.807) is 0 Å². The van der Waals surface area contributed by atoms with Gasteiger partial charge in [0.25, 0.3) is 0 Å². The van der Waals surface area contributed by atoms with Crippen LogP contribution in [-0.4, -0.2) is 22.2 Å². The SMILES string of the molecule is O=C(O)C1C(C(=O)O)C2C3C4C1C1C2C3C41. The molecule has 84 valence electrons. The van der Waals surface area contributed by atoms with E-state index in [1.807, 2.05) is 0 Å². The normalized spacial score (nSPS) is 70.2. The summed E-state index contributed by atoms with van der Waals surface area (Å²) in [6.07, 6.45) is 0. The van der Waals surface area contributed by atoms with Crippen molar-refractivity contribution in [2.45, 2.75) is 0 Å². The fourth-order valence-electron chi connectivity index (χ4n) is 6.62. The van der Waals surface area contributed by atoms with E-state index in [-0.39, 0.29) is 11.8 Å². The molecule has 0 aliphatic heterocycles. The van der Waals surface area contributed by atoms with Crippen LogP contribution in [0.5, 0.6) is 0 Å². The standard InChI is InChI=1S/C12H12O4/c13-11(14)9-7-3-1-2-5(3)8(6(2)4(1)7)10(9)12(15)16/h1-10H,(H,13,14)(H,15,16). The molecular weight excluding hydrogens is 208 g/mol. The van der Waals surface area contributed by atoms with Crippen molar-refractivity contribution in [3.63, 3.8) is 0 Å². The van der Waals surface area contributed by atoms with E-state index in [2.05, 4.69) is 0 Å². The van der Waals surface area contributed by atoms with Crippen molar-refractivity contribution < 1.29 is 19.8 Å². The first kappa shape index (κ1) is 8.09. The molecular formula is C12H12O4. The Balaban J connectivity index is 1.63. The van der Waals surface area contributed by atoms with Gasteiger partial charge in [-0.15, -0.1) is 0 Å². The molecule has 2 bridgehead atoms. The molecule has 16 heavy (non-hydrogen) atoms. The van der Waals surface area contributed by atoms with Gasteiger partial charge in [0.1, 0.15) is 0 Å². The molecule has 4 heteroatoms. The first-order valence-electron chi connectivity index (χ1n) is 6.10. The summed E-state index contributed by atoms with van der Waals surface area (Å²) in [5, 5.41) is 18.5. The molecule has 0 amide bonds. The first-order chi connectivity index (χ1) is 7.64. The van der Waals surface area contributed by atoms with Crippen molar-refractivity contribution in [2.24, 2.45) is 59.2 Å². The van der Waals surface area contributed by atoms with Crippen molar-refractivity contribution in [3.05, 3.63) is 0 Å². The zero-order valence-electron chi connectivity index (χ0n) is 8.48. The molecule has 6 fully saturated rings. The van der Waals surface area contributed by atoms with E-state index >= 15 is 0 Å². The number of hydrogen-bond donors (Lipinski definition) is 2. The van der Waals surface area contributed by atoms with Crippen LogP contribution < -0.4 is 0 Å². The Bertz CT molecular complexity index is 396. The average Bonchev–Trinajstić information content (AvgIpc) is 2.15. The van der Waals surface area contributed by atoms with Gasteiger partial charge in [-0.05, 0) is 47.3 Å². The minimum absolute atomic E-state index is 0.216. The van der Waals surface area contributed by atoms with E-state index < -0.39 is 23.8 Å². The van der Waals surface area contributed by atoms with Crippen LogP contribution in [0, 0.1) is 59.2 Å². The summed E-state index contributed by atoms with van der Waals surface area (Å²) in [6, 6.07) is 0. The second-order valence-corrected chi connectivity index (χ2v) is 6.35. The topological polar surface area (TPSA) is 74.6 Å². The minimum atomic E-state index is -0.867. The van der Waals surface area contributed by atoms with Crippen molar-refractivity contribution in [1.29, 1.82) is 0 Å². The number of carboxylic acids is 2. The molecule has 0 aromatic carbocycles. The number of carboxylic acid groups (broad SMARTS) is 2. The molecule has 0 aromatic rings. The lowest BCUT2D eigenvalue weighted by molar-refractivity contribution is -0.478. The number of aliphatic carboxylic acids is 2. The van der Waals surface area contributed by atoms with E-state index in [4.69, 9.17) is 0 Å². The molecule has 0 aromatic heterocycles. The molecule has 0 heterocycles. The average molecular weight is 220 g/mol. The minimum Gasteiger partial charge on any atom is -0.481 e. The third-order valence-corrected chi connectivity index (χ3v) is 6.68. The molecule has 6 rings (SSSR count). The maximum atomic E-state index is 11.3. The molecule has 0 radical (unpaired) electrons. The zero-order valence-corrected chi connectivity index (χ0v) is 8.48. The van der Waals surface area contributed by atoms with Gasteiger partial charge >= 0.3 is 11.9 Å². The highest BCUT2D eigenvalue weighted by molar-refractivity contribution is 5.82. The van der Waals surface area contributed by atoms with Gasteiger partial charge < -0.3 is 10.2 Å². The van der Waals surface area contributed by atoms with Crippen molar-refractivity contribution >= 4 is 11.9 Å². The second kappa shape index (κ2) is 1.91. The van der Waals surface area contributed by atoms with Crippen LogP contribution in [0.25, 0.3) is 0 Å². The summed E-state index contributed by atoms with van der Waals surface area (Å²) in [7, 11) is 0. The largest absolute Gasteiger partial charge is 0.481 e. The van der Waals surface area contributed by atoms with Gasteiger partial charge in [0.2, 0.25) is 0 Å². The van der Waals surface area contributed by atoms with Gasteiger partial charge in [-0.1, -0.05) is 0 Å². The van der Waals surface area contributed by atoms with Crippen LogP contribution in [0.3, 0.4) is 0 Å². The fourth-order valence-corrected chi connectivity index (χ4v) is 6.62. The van der Waals surface area contributed by atoms with Gasteiger partial charge in [-0.25, -0.2) is 0 Å². The zero-order chi connectivity index (χ0) is 10.9. The lowest BCUT2D eigenvalue weighted by Gasteiger charge is -2.94. The van der Waals surface area contributed by atoms with Gasteiger partial charge in [-0.2, -0.15) is 0 Å². The summed E-state index contributed by atoms with van der Waals surface area (Å²) in [4.78, 5) is 22.6. The van der Waals surface area contributed by atoms with Gasteiger partial charge in [0, 0.05) is 0 Å². The highest BCUT2D eigenvalue weighted by Gasteiger charge is 2.92. The van der Waals surface area contributed by atoms with Crippen LogP contribution in [0.1, 0.15) is 0 Å². The second-order valence-electron chi connectivity index (χ2n) is 6.35. The summed E-state index contributed by atoms with van der Waals surface area (Å²) in [5.41, 5.74) is 0. The third kappa shape index (κ3) is 0.466. The molecule has 6 unspecified atom stereocenters. The first-order valence-corrected chi connectivity index (χ1v) is 6.10. The summed E-state index contributed by atoms with van der Waals surface area (Å²) >= 11 is 0. The molecule has 0 saturated heterocycles. The summed E-state index contributed by atoms with van der Waals surface area (Å²) in [5.74, 6) is 1.56. The highest BCUT2D eigenvalue weighted by Crippen LogP contribution is 2.93. The number of hydrogen-bond acceptors (Lipinski definition) is 2. The predicted octanol–water partition coefficient (Wildman–Crippen LogP) is 0.386. The maximum Gasteiger partial charge on any atom is 0.307 e. The Morgan fingerprint density at radius 1 is 0.562 bits per heavy atom. The van der Waals surface area contributed by atoms with Crippen molar-refractivity contribution in [3.8, 4) is 0 Å². The van der Waals surface area contributed by atoms with Crippen molar-refractivity contribution in [1.82, 2.24) is 0 Å². The molecule has 0 spiro atoms. The lowest BCUT2D eigenvalue weighted by Crippen LogP contribution is -2.93. The number of carbonyl (C=O) groups is 2. The van der Waals surface area contributed by atoms with E-state index in [9.17, 15) is 19.8 Å². The molecule has 6 atom stereocenters. The molecule has 6 aliphatic carbocycles. The quantitative estimate of drug-likeness (QED) is 0.705. The smallest absolute Gasteiger partial charge is 0.307 e. The van der Waals surface area contributed by atoms with E-state index in [0.29, 0.717) is 23.7 Å². The van der Waals surface area contributed by atoms with Gasteiger partial charge in [0.15, 0.2) is 0 Å². The van der Waals surface area contributed by atoms with Crippen LogP contribution in [0.4, 0.5) is 0 Å². The summed E-state index contributed by atoms with van der Waals surface area (Å²) in [6.45, 7) is 0. The monoisotopic (exact) mass is 220 g/mol. The van der Waals surface area contributed by atoms with Gasteiger partial charge in [0.05, 0.1) is 11.8 Å². The predicted molar refractivity (Wildman–Crippen MR) is 50.2 cm³/mol.